The van der Waals surface area contributed by atoms with Crippen molar-refractivity contribution in [3.63, 3.8) is 0 Å². The van der Waals surface area contributed by atoms with E-state index < -0.39 is 0 Å². The molecule has 0 aromatic carbocycles. The predicted molar refractivity (Wildman–Crippen MR) is 63.1 cm³/mol. The molecule has 1 aliphatic heterocycles. The summed E-state index contributed by atoms with van der Waals surface area (Å²) in [7, 11) is 1.67. The number of nitrogens with one attached hydrogen (secondary N) is 1. The van der Waals surface area contributed by atoms with Crippen molar-refractivity contribution in [2.24, 2.45) is 5.73 Å². The van der Waals surface area contributed by atoms with Crippen molar-refractivity contribution < 1.29 is 9.53 Å². The molecule has 0 bridgehead atoms. The summed E-state index contributed by atoms with van der Waals surface area (Å²) in [5.41, 5.74) is 5.61. The Balaban J connectivity index is 2.23. The number of morpholine rings is 1. The van der Waals surface area contributed by atoms with Crippen LogP contribution < -0.4 is 11.1 Å². The normalized spacial score (nSPS) is 26.7. The molecular formula is C11H23N3O2. The summed E-state index contributed by atoms with van der Waals surface area (Å²) in [4.78, 5) is 13.4. The van der Waals surface area contributed by atoms with E-state index in [0.29, 0.717) is 13.0 Å². The molecule has 5 heteroatoms. The molecule has 2 atom stereocenters. The molecule has 1 fully saturated rings. The Hall–Kier alpha value is -0.650. The van der Waals surface area contributed by atoms with E-state index in [1.807, 2.05) is 0 Å². The zero-order valence-electron chi connectivity index (χ0n) is 10.2. The molecule has 0 saturated carbocycles. The van der Waals surface area contributed by atoms with E-state index in [1.54, 1.807) is 7.05 Å². The van der Waals surface area contributed by atoms with E-state index in [9.17, 15) is 4.79 Å². The van der Waals surface area contributed by atoms with Gasteiger partial charge in [-0.2, -0.15) is 0 Å². The maximum absolute atomic E-state index is 11.1. The van der Waals surface area contributed by atoms with Crippen molar-refractivity contribution in [1.29, 1.82) is 0 Å². The Morgan fingerprint density at radius 2 is 2.31 bits per heavy atom. The lowest BCUT2D eigenvalue weighted by atomic mass is 10.2. The van der Waals surface area contributed by atoms with Crippen LogP contribution >= 0.6 is 0 Å². The molecule has 2 unspecified atom stereocenters. The maximum atomic E-state index is 11.1. The van der Waals surface area contributed by atoms with Crippen molar-refractivity contribution in [2.75, 3.05) is 33.2 Å². The number of amides is 1. The third-order valence-corrected chi connectivity index (χ3v) is 2.82. The van der Waals surface area contributed by atoms with Gasteiger partial charge in [-0.05, 0) is 19.9 Å². The quantitative estimate of drug-likeness (QED) is 0.671. The third-order valence-electron chi connectivity index (χ3n) is 2.82. The molecule has 0 aromatic rings. The van der Waals surface area contributed by atoms with Crippen LogP contribution in [0.2, 0.25) is 0 Å². The first-order chi connectivity index (χ1) is 7.65. The molecule has 1 rings (SSSR count). The van der Waals surface area contributed by atoms with Gasteiger partial charge in [0.05, 0.1) is 12.2 Å². The van der Waals surface area contributed by atoms with Gasteiger partial charge in [-0.15, -0.1) is 0 Å². The molecule has 1 amide bonds. The predicted octanol–water partition coefficient (Wildman–Crippen LogP) is -0.439. The van der Waals surface area contributed by atoms with Crippen LogP contribution in [0.5, 0.6) is 0 Å². The van der Waals surface area contributed by atoms with Gasteiger partial charge < -0.3 is 15.8 Å². The molecule has 0 aromatic heterocycles. The van der Waals surface area contributed by atoms with Crippen molar-refractivity contribution in [3.05, 3.63) is 0 Å². The molecule has 3 N–H and O–H groups in total. The molecule has 1 aliphatic rings. The first-order valence-corrected chi connectivity index (χ1v) is 5.94. The SMILES string of the molecule is CNC(=O)CCCN1CC(C)OC(CN)C1. The Bertz CT molecular complexity index is 223. The highest BCUT2D eigenvalue weighted by Gasteiger charge is 2.23. The zero-order chi connectivity index (χ0) is 12.0. The Morgan fingerprint density at radius 1 is 1.56 bits per heavy atom. The Kier molecular flexibility index (Phi) is 5.73. The van der Waals surface area contributed by atoms with Crippen LogP contribution in [0.25, 0.3) is 0 Å². The number of carbonyl (C=O) groups excluding carboxylic acids is 1. The molecule has 1 heterocycles. The van der Waals surface area contributed by atoms with E-state index >= 15 is 0 Å². The van der Waals surface area contributed by atoms with E-state index in [1.165, 1.54) is 0 Å². The van der Waals surface area contributed by atoms with Gasteiger partial charge in [-0.3, -0.25) is 9.69 Å². The van der Waals surface area contributed by atoms with Gasteiger partial charge in [0.25, 0.3) is 0 Å². The average Bonchev–Trinajstić information content (AvgIpc) is 2.28. The third kappa shape index (κ3) is 4.47. The van der Waals surface area contributed by atoms with Crippen LogP contribution in [0.1, 0.15) is 19.8 Å². The number of rotatable bonds is 5. The molecule has 0 spiro atoms. The van der Waals surface area contributed by atoms with Crippen LogP contribution in [0.15, 0.2) is 0 Å². The lowest BCUT2D eigenvalue weighted by Gasteiger charge is -2.36. The van der Waals surface area contributed by atoms with Gasteiger partial charge in [0.1, 0.15) is 0 Å². The summed E-state index contributed by atoms with van der Waals surface area (Å²) in [6.07, 6.45) is 1.87. The number of nitrogens with two attached hydrogens (primary N) is 1. The molecular weight excluding hydrogens is 206 g/mol. The Labute approximate surface area is 97.3 Å². The second-order valence-electron chi connectivity index (χ2n) is 4.34. The van der Waals surface area contributed by atoms with Crippen molar-refractivity contribution >= 4 is 5.91 Å². The summed E-state index contributed by atoms with van der Waals surface area (Å²) in [6, 6.07) is 0. The number of nitrogens with zero attached hydrogens (tertiary/aromatic N) is 1. The fourth-order valence-electron chi connectivity index (χ4n) is 2.04. The molecule has 0 aliphatic carbocycles. The first-order valence-electron chi connectivity index (χ1n) is 5.94. The van der Waals surface area contributed by atoms with Crippen LogP contribution in [0, 0.1) is 0 Å². The minimum absolute atomic E-state index is 0.108. The van der Waals surface area contributed by atoms with Crippen LogP contribution in [0.4, 0.5) is 0 Å². The molecule has 16 heavy (non-hydrogen) atoms. The van der Waals surface area contributed by atoms with Crippen molar-refractivity contribution in [2.45, 2.75) is 32.0 Å². The van der Waals surface area contributed by atoms with E-state index in [0.717, 1.165) is 26.1 Å². The van der Waals surface area contributed by atoms with Gasteiger partial charge in [-0.25, -0.2) is 0 Å². The van der Waals surface area contributed by atoms with Crippen LogP contribution in [0.3, 0.4) is 0 Å². The Morgan fingerprint density at radius 3 is 2.94 bits per heavy atom. The lowest BCUT2D eigenvalue weighted by molar-refractivity contribution is -0.120. The highest BCUT2D eigenvalue weighted by molar-refractivity contribution is 5.75. The maximum Gasteiger partial charge on any atom is 0.219 e. The average molecular weight is 229 g/mol. The highest BCUT2D eigenvalue weighted by atomic mass is 16.5. The summed E-state index contributed by atoms with van der Waals surface area (Å²) in [5.74, 6) is 0.108. The van der Waals surface area contributed by atoms with Crippen LogP contribution in [-0.4, -0.2) is 56.2 Å². The number of hydrogen-bond acceptors (Lipinski definition) is 4. The fourth-order valence-corrected chi connectivity index (χ4v) is 2.04. The van der Waals surface area contributed by atoms with Crippen LogP contribution in [-0.2, 0) is 9.53 Å². The number of ether oxygens (including phenoxy) is 1. The molecule has 5 nitrogen and oxygen atoms in total. The highest BCUT2D eigenvalue weighted by Crippen LogP contribution is 2.10. The number of hydrogen-bond donors (Lipinski definition) is 2. The standard InChI is InChI=1S/C11H23N3O2/c1-9-7-14(8-10(6-12)16-9)5-3-4-11(15)13-2/h9-10H,3-8,12H2,1-2H3,(H,13,15). The topological polar surface area (TPSA) is 67.6 Å². The first kappa shape index (κ1) is 13.4. The van der Waals surface area contributed by atoms with Gasteiger partial charge in [0.2, 0.25) is 5.91 Å². The summed E-state index contributed by atoms with van der Waals surface area (Å²) in [5, 5.41) is 2.63. The van der Waals surface area contributed by atoms with Gasteiger partial charge >= 0.3 is 0 Å². The lowest BCUT2D eigenvalue weighted by Crippen LogP contribution is -2.49. The monoisotopic (exact) mass is 229 g/mol. The summed E-state index contributed by atoms with van der Waals surface area (Å²) in [6.45, 7) is 5.39. The second-order valence-corrected chi connectivity index (χ2v) is 4.34. The van der Waals surface area contributed by atoms with Crippen molar-refractivity contribution in [1.82, 2.24) is 10.2 Å². The molecule has 94 valence electrons. The van der Waals surface area contributed by atoms with Gasteiger partial charge in [-0.1, -0.05) is 0 Å². The summed E-state index contributed by atoms with van der Waals surface area (Å²) >= 11 is 0. The second kappa shape index (κ2) is 6.83. The van der Waals surface area contributed by atoms with E-state index in [-0.39, 0.29) is 18.1 Å². The number of carbonyl (C=O) groups is 1. The van der Waals surface area contributed by atoms with Crippen molar-refractivity contribution in [3.8, 4) is 0 Å². The fraction of sp³-hybridized carbons (Fsp3) is 0.909. The van der Waals surface area contributed by atoms with E-state index in [2.05, 4.69) is 17.1 Å². The minimum Gasteiger partial charge on any atom is -0.371 e. The molecule has 1 saturated heterocycles. The molecule has 0 radical (unpaired) electrons. The van der Waals surface area contributed by atoms with Gasteiger partial charge in [0.15, 0.2) is 0 Å². The zero-order valence-corrected chi connectivity index (χ0v) is 10.2. The van der Waals surface area contributed by atoms with Gasteiger partial charge in [0, 0.05) is 33.1 Å². The largest absolute Gasteiger partial charge is 0.371 e. The smallest absolute Gasteiger partial charge is 0.219 e. The minimum atomic E-state index is 0.108. The summed E-state index contributed by atoms with van der Waals surface area (Å²) < 4.78 is 5.67. The van der Waals surface area contributed by atoms with E-state index in [4.69, 9.17) is 10.5 Å².